The Morgan fingerprint density at radius 1 is 0.917 bits per heavy atom. The van der Waals surface area contributed by atoms with E-state index in [9.17, 15) is 4.79 Å². The molecule has 0 saturated heterocycles. The lowest BCUT2D eigenvalue weighted by Crippen LogP contribution is -2.19. The molecule has 0 aliphatic carbocycles. The molecule has 2 aromatic carbocycles. The minimum atomic E-state index is -0.123. The topological polar surface area (TPSA) is 26.3 Å². The van der Waals surface area contributed by atoms with Gasteiger partial charge in [-0.05, 0) is 33.6 Å². The van der Waals surface area contributed by atoms with E-state index < -0.39 is 0 Å². The number of rotatable bonds is 4. The predicted octanol–water partition coefficient (Wildman–Crippen LogP) is 5.67. The van der Waals surface area contributed by atoms with Crippen molar-refractivity contribution in [2.24, 2.45) is 0 Å². The van der Waals surface area contributed by atoms with Gasteiger partial charge in [0, 0.05) is 0 Å². The zero-order valence-corrected chi connectivity index (χ0v) is 15.6. The van der Waals surface area contributed by atoms with Crippen molar-refractivity contribution in [2.75, 3.05) is 0 Å². The van der Waals surface area contributed by atoms with Crippen LogP contribution in [-0.4, -0.2) is 6.29 Å². The highest BCUT2D eigenvalue weighted by Gasteiger charge is 2.25. The third-order valence-electron chi connectivity index (χ3n) is 4.17. The van der Waals surface area contributed by atoms with E-state index >= 15 is 0 Å². The zero-order chi connectivity index (χ0) is 18.0. The van der Waals surface area contributed by atoms with Crippen LogP contribution < -0.4 is 4.74 Å². The molecule has 0 N–H and O–H groups in total. The Labute approximate surface area is 145 Å². The number of benzene rings is 2. The van der Waals surface area contributed by atoms with Gasteiger partial charge in [-0.2, -0.15) is 0 Å². The second kappa shape index (κ2) is 6.80. The number of carbonyl (C=O) groups excluding carboxylic acids is 1. The molecule has 0 amide bonds. The highest BCUT2D eigenvalue weighted by Crippen LogP contribution is 2.36. The van der Waals surface area contributed by atoms with Gasteiger partial charge in [-0.3, -0.25) is 4.79 Å². The lowest BCUT2D eigenvalue weighted by atomic mass is 9.78. The molecule has 0 bridgehead atoms. The van der Waals surface area contributed by atoms with Gasteiger partial charge in [0.05, 0.1) is 5.56 Å². The fourth-order valence-electron chi connectivity index (χ4n) is 2.66. The molecule has 0 radical (unpaired) electrons. The molecule has 0 aromatic heterocycles. The van der Waals surface area contributed by atoms with Crippen molar-refractivity contribution in [3.63, 3.8) is 0 Å². The van der Waals surface area contributed by atoms with Crippen molar-refractivity contribution < 1.29 is 9.53 Å². The zero-order valence-electron chi connectivity index (χ0n) is 15.6. The average Bonchev–Trinajstić information content (AvgIpc) is 2.51. The second-order valence-corrected chi connectivity index (χ2v) is 8.33. The van der Waals surface area contributed by atoms with E-state index in [0.717, 1.165) is 17.4 Å². The summed E-state index contributed by atoms with van der Waals surface area (Å²) in [5.74, 6) is 0.672. The second-order valence-electron chi connectivity index (χ2n) is 8.33. The van der Waals surface area contributed by atoms with E-state index in [0.29, 0.717) is 17.9 Å². The van der Waals surface area contributed by atoms with Crippen LogP contribution in [-0.2, 0) is 17.4 Å². The number of carbonyl (C=O) groups is 1. The molecule has 2 rings (SSSR count). The number of ether oxygens (including phenoxy) is 1. The van der Waals surface area contributed by atoms with Crippen molar-refractivity contribution in [3.05, 3.63) is 64.7 Å². The van der Waals surface area contributed by atoms with E-state index in [2.05, 4.69) is 47.6 Å². The molecular weight excluding hydrogens is 296 g/mol. The summed E-state index contributed by atoms with van der Waals surface area (Å²) in [5, 5.41) is 0. The monoisotopic (exact) mass is 324 g/mol. The quantitative estimate of drug-likeness (QED) is 0.677. The summed E-state index contributed by atoms with van der Waals surface area (Å²) in [4.78, 5) is 11.8. The molecule has 0 aliphatic rings. The number of hydrogen-bond donors (Lipinski definition) is 0. The molecule has 0 fully saturated rings. The number of aldehydes is 1. The number of hydrogen-bond acceptors (Lipinski definition) is 2. The Hall–Kier alpha value is -2.09. The summed E-state index contributed by atoms with van der Waals surface area (Å²) in [6.07, 6.45) is 0.924. The summed E-state index contributed by atoms with van der Waals surface area (Å²) in [6, 6.07) is 14.2. The van der Waals surface area contributed by atoms with E-state index in [-0.39, 0.29) is 10.8 Å². The standard InChI is InChI=1S/C22H28O2/c1-21(2,3)17-12-19(22(4,5)6)18(14-23)20(13-17)24-15-16-10-8-7-9-11-16/h7-14H,15H2,1-6H3. The summed E-state index contributed by atoms with van der Waals surface area (Å²) in [5.41, 5.74) is 3.84. The molecule has 0 aliphatic heterocycles. The Balaban J connectivity index is 2.49. The lowest BCUT2D eigenvalue weighted by molar-refractivity contribution is 0.111. The molecule has 0 spiro atoms. The van der Waals surface area contributed by atoms with Crippen LogP contribution in [0.15, 0.2) is 42.5 Å². The van der Waals surface area contributed by atoms with E-state index in [1.807, 2.05) is 36.4 Å². The fourth-order valence-corrected chi connectivity index (χ4v) is 2.66. The van der Waals surface area contributed by atoms with Crippen LogP contribution in [0.3, 0.4) is 0 Å². The van der Waals surface area contributed by atoms with Gasteiger partial charge in [0.1, 0.15) is 12.4 Å². The average molecular weight is 324 g/mol. The maximum atomic E-state index is 11.8. The van der Waals surface area contributed by atoms with Crippen molar-refractivity contribution in [1.29, 1.82) is 0 Å². The summed E-state index contributed by atoms with van der Waals surface area (Å²) in [7, 11) is 0. The minimum Gasteiger partial charge on any atom is -0.488 e. The lowest BCUT2D eigenvalue weighted by Gasteiger charge is -2.28. The first-order chi connectivity index (χ1) is 11.1. The molecule has 0 unspecified atom stereocenters. The molecule has 2 heteroatoms. The first-order valence-corrected chi connectivity index (χ1v) is 8.44. The maximum absolute atomic E-state index is 11.8. The molecule has 24 heavy (non-hydrogen) atoms. The minimum absolute atomic E-state index is 0.00767. The Morgan fingerprint density at radius 2 is 1.54 bits per heavy atom. The SMILES string of the molecule is CC(C)(C)c1cc(OCc2ccccc2)c(C=O)c(C(C)(C)C)c1. The molecule has 0 saturated carbocycles. The third kappa shape index (κ3) is 4.25. The maximum Gasteiger partial charge on any atom is 0.154 e. The van der Waals surface area contributed by atoms with Gasteiger partial charge in [0.15, 0.2) is 6.29 Å². The predicted molar refractivity (Wildman–Crippen MR) is 100 cm³/mol. The van der Waals surface area contributed by atoms with Crippen molar-refractivity contribution in [3.8, 4) is 5.75 Å². The van der Waals surface area contributed by atoms with Gasteiger partial charge in [0.2, 0.25) is 0 Å². The summed E-state index contributed by atoms with van der Waals surface area (Å²) in [6.45, 7) is 13.4. The highest BCUT2D eigenvalue weighted by atomic mass is 16.5. The molecule has 2 nitrogen and oxygen atoms in total. The van der Waals surface area contributed by atoms with Crippen LogP contribution in [0.4, 0.5) is 0 Å². The van der Waals surface area contributed by atoms with Crippen LogP contribution in [0.2, 0.25) is 0 Å². The van der Waals surface area contributed by atoms with Crippen LogP contribution in [0.25, 0.3) is 0 Å². The molecular formula is C22H28O2. The largest absolute Gasteiger partial charge is 0.488 e. The van der Waals surface area contributed by atoms with Crippen molar-refractivity contribution in [2.45, 2.75) is 59.0 Å². The summed E-state index contributed by atoms with van der Waals surface area (Å²) >= 11 is 0. The Morgan fingerprint density at radius 3 is 2.04 bits per heavy atom. The first-order valence-electron chi connectivity index (χ1n) is 8.44. The van der Waals surface area contributed by atoms with Crippen LogP contribution in [0.1, 0.15) is 68.6 Å². The van der Waals surface area contributed by atoms with Gasteiger partial charge in [0.25, 0.3) is 0 Å². The van der Waals surface area contributed by atoms with Crippen LogP contribution in [0, 0.1) is 0 Å². The van der Waals surface area contributed by atoms with E-state index in [1.165, 1.54) is 5.56 Å². The van der Waals surface area contributed by atoms with E-state index in [1.54, 1.807) is 0 Å². The molecule has 0 atom stereocenters. The Bertz CT molecular complexity index is 701. The van der Waals surface area contributed by atoms with Gasteiger partial charge in [-0.25, -0.2) is 0 Å². The normalized spacial score (nSPS) is 12.1. The van der Waals surface area contributed by atoms with Crippen molar-refractivity contribution >= 4 is 6.29 Å². The van der Waals surface area contributed by atoms with Crippen LogP contribution in [0.5, 0.6) is 5.75 Å². The van der Waals surface area contributed by atoms with Gasteiger partial charge >= 0.3 is 0 Å². The smallest absolute Gasteiger partial charge is 0.154 e. The first kappa shape index (κ1) is 18.3. The van der Waals surface area contributed by atoms with E-state index in [4.69, 9.17) is 4.74 Å². The third-order valence-corrected chi connectivity index (χ3v) is 4.17. The molecule has 128 valence electrons. The fraction of sp³-hybridized carbons (Fsp3) is 0.409. The molecule has 0 heterocycles. The Kier molecular flexibility index (Phi) is 5.17. The molecule has 2 aromatic rings. The summed E-state index contributed by atoms with van der Waals surface area (Å²) < 4.78 is 6.05. The highest BCUT2D eigenvalue weighted by molar-refractivity contribution is 5.83. The van der Waals surface area contributed by atoms with Crippen LogP contribution >= 0.6 is 0 Å². The van der Waals surface area contributed by atoms with Gasteiger partial charge < -0.3 is 4.74 Å². The van der Waals surface area contributed by atoms with Gasteiger partial charge in [-0.15, -0.1) is 0 Å². The van der Waals surface area contributed by atoms with Crippen molar-refractivity contribution in [1.82, 2.24) is 0 Å². The van der Waals surface area contributed by atoms with Gasteiger partial charge in [-0.1, -0.05) is 77.9 Å².